The Kier molecular flexibility index (Phi) is 4.07. The second-order valence-corrected chi connectivity index (χ2v) is 6.18. The zero-order valence-electron chi connectivity index (χ0n) is 9.44. The van der Waals surface area contributed by atoms with Crippen molar-refractivity contribution in [3.63, 3.8) is 0 Å². The molecule has 0 aliphatic rings. The number of ketones is 1. The SMILES string of the molecule is CCc1ccc(CC(=O)c2ccc(Br)s2)nc1. The zero-order valence-corrected chi connectivity index (χ0v) is 11.8. The number of Topliss-reactive ketones (excluding diaryl/α,β-unsaturated/α-hetero) is 1. The van der Waals surface area contributed by atoms with Crippen molar-refractivity contribution < 1.29 is 4.79 Å². The van der Waals surface area contributed by atoms with E-state index in [0.717, 1.165) is 20.8 Å². The Bertz CT molecular complexity index is 518. The van der Waals surface area contributed by atoms with Gasteiger partial charge < -0.3 is 0 Å². The van der Waals surface area contributed by atoms with Crippen molar-refractivity contribution >= 4 is 33.0 Å². The summed E-state index contributed by atoms with van der Waals surface area (Å²) in [5, 5.41) is 0. The van der Waals surface area contributed by atoms with Crippen molar-refractivity contribution in [1.29, 1.82) is 0 Å². The Hall–Kier alpha value is -1.00. The highest BCUT2D eigenvalue weighted by Crippen LogP contribution is 2.23. The van der Waals surface area contributed by atoms with E-state index in [1.54, 1.807) is 0 Å². The average molecular weight is 310 g/mol. The van der Waals surface area contributed by atoms with Gasteiger partial charge in [0, 0.05) is 11.9 Å². The molecule has 0 saturated heterocycles. The van der Waals surface area contributed by atoms with Crippen LogP contribution in [0.1, 0.15) is 27.9 Å². The highest BCUT2D eigenvalue weighted by molar-refractivity contribution is 9.11. The topological polar surface area (TPSA) is 30.0 Å². The van der Waals surface area contributed by atoms with Gasteiger partial charge in [-0.3, -0.25) is 9.78 Å². The van der Waals surface area contributed by atoms with Crippen LogP contribution in [-0.4, -0.2) is 10.8 Å². The molecule has 4 heteroatoms. The Morgan fingerprint density at radius 1 is 1.35 bits per heavy atom. The Morgan fingerprint density at radius 2 is 2.18 bits per heavy atom. The van der Waals surface area contributed by atoms with E-state index in [-0.39, 0.29) is 5.78 Å². The number of pyridine rings is 1. The molecule has 0 aliphatic carbocycles. The summed E-state index contributed by atoms with van der Waals surface area (Å²) in [6, 6.07) is 7.70. The van der Waals surface area contributed by atoms with Crippen LogP contribution in [0.5, 0.6) is 0 Å². The van der Waals surface area contributed by atoms with Gasteiger partial charge in [-0.1, -0.05) is 13.0 Å². The van der Waals surface area contributed by atoms with Gasteiger partial charge in [0.05, 0.1) is 15.1 Å². The molecule has 17 heavy (non-hydrogen) atoms. The van der Waals surface area contributed by atoms with Crippen LogP contribution in [0.15, 0.2) is 34.2 Å². The van der Waals surface area contributed by atoms with E-state index >= 15 is 0 Å². The molecule has 0 atom stereocenters. The Balaban J connectivity index is 2.07. The van der Waals surface area contributed by atoms with Gasteiger partial charge in [-0.2, -0.15) is 0 Å². The van der Waals surface area contributed by atoms with Gasteiger partial charge in [-0.05, 0) is 46.1 Å². The lowest BCUT2D eigenvalue weighted by Crippen LogP contribution is -2.03. The van der Waals surface area contributed by atoms with Gasteiger partial charge >= 0.3 is 0 Å². The molecule has 0 bridgehead atoms. The lowest BCUT2D eigenvalue weighted by Gasteiger charge is -2.00. The van der Waals surface area contributed by atoms with E-state index in [1.807, 2.05) is 30.5 Å². The number of hydrogen-bond donors (Lipinski definition) is 0. The monoisotopic (exact) mass is 309 g/mol. The van der Waals surface area contributed by atoms with Crippen LogP contribution >= 0.6 is 27.3 Å². The normalized spacial score (nSPS) is 10.5. The minimum absolute atomic E-state index is 0.123. The summed E-state index contributed by atoms with van der Waals surface area (Å²) in [6.07, 6.45) is 3.18. The van der Waals surface area contributed by atoms with Gasteiger partial charge in [-0.25, -0.2) is 0 Å². The number of aromatic nitrogens is 1. The van der Waals surface area contributed by atoms with E-state index < -0.39 is 0 Å². The molecule has 0 spiro atoms. The van der Waals surface area contributed by atoms with Crippen LogP contribution in [0.25, 0.3) is 0 Å². The molecule has 88 valence electrons. The summed E-state index contributed by atoms with van der Waals surface area (Å²) < 4.78 is 0.982. The van der Waals surface area contributed by atoms with Crippen LogP contribution in [0.2, 0.25) is 0 Å². The maximum Gasteiger partial charge on any atom is 0.178 e. The predicted molar refractivity (Wildman–Crippen MR) is 73.7 cm³/mol. The number of nitrogens with zero attached hydrogens (tertiary/aromatic N) is 1. The fraction of sp³-hybridized carbons (Fsp3) is 0.231. The third kappa shape index (κ3) is 3.23. The standard InChI is InChI=1S/C13H12BrNOS/c1-2-9-3-4-10(15-8-9)7-11(16)12-5-6-13(14)17-12/h3-6,8H,2,7H2,1H3. The average Bonchev–Trinajstić information content (AvgIpc) is 2.77. The molecule has 2 heterocycles. The lowest BCUT2D eigenvalue weighted by molar-refractivity contribution is 0.0996. The molecule has 2 aromatic heterocycles. The fourth-order valence-electron chi connectivity index (χ4n) is 1.48. The molecule has 0 radical (unpaired) electrons. The molecule has 0 saturated carbocycles. The van der Waals surface area contributed by atoms with E-state index in [0.29, 0.717) is 6.42 Å². The summed E-state index contributed by atoms with van der Waals surface area (Å²) in [5.74, 6) is 0.123. The van der Waals surface area contributed by atoms with Crippen LogP contribution in [-0.2, 0) is 12.8 Å². The van der Waals surface area contributed by atoms with Crippen LogP contribution in [0, 0.1) is 0 Å². The highest BCUT2D eigenvalue weighted by Gasteiger charge is 2.10. The number of halogens is 1. The summed E-state index contributed by atoms with van der Waals surface area (Å²) in [5.41, 5.74) is 2.02. The van der Waals surface area contributed by atoms with Crippen molar-refractivity contribution in [3.05, 3.63) is 50.4 Å². The first-order valence-corrected chi connectivity index (χ1v) is 7.02. The van der Waals surface area contributed by atoms with Crippen molar-refractivity contribution in [1.82, 2.24) is 4.98 Å². The van der Waals surface area contributed by atoms with E-state index in [9.17, 15) is 4.79 Å². The molecule has 0 aromatic carbocycles. The van der Waals surface area contributed by atoms with Gasteiger partial charge in [-0.15, -0.1) is 11.3 Å². The maximum atomic E-state index is 11.9. The number of hydrogen-bond acceptors (Lipinski definition) is 3. The summed E-state index contributed by atoms with van der Waals surface area (Å²) >= 11 is 4.82. The van der Waals surface area contributed by atoms with Crippen LogP contribution < -0.4 is 0 Å². The number of aryl methyl sites for hydroxylation is 1. The number of thiophene rings is 1. The van der Waals surface area contributed by atoms with Crippen LogP contribution in [0.4, 0.5) is 0 Å². The van der Waals surface area contributed by atoms with Crippen molar-refractivity contribution in [2.24, 2.45) is 0 Å². The van der Waals surface area contributed by atoms with Gasteiger partial charge in [0.15, 0.2) is 5.78 Å². The predicted octanol–water partition coefficient (Wildman–Crippen LogP) is 3.89. The van der Waals surface area contributed by atoms with Crippen molar-refractivity contribution in [3.8, 4) is 0 Å². The molecule has 2 aromatic rings. The van der Waals surface area contributed by atoms with E-state index in [1.165, 1.54) is 16.9 Å². The van der Waals surface area contributed by atoms with Crippen molar-refractivity contribution in [2.45, 2.75) is 19.8 Å². The second-order valence-electron chi connectivity index (χ2n) is 3.72. The highest BCUT2D eigenvalue weighted by atomic mass is 79.9. The van der Waals surface area contributed by atoms with E-state index in [2.05, 4.69) is 27.8 Å². The van der Waals surface area contributed by atoms with E-state index in [4.69, 9.17) is 0 Å². The third-order valence-electron chi connectivity index (χ3n) is 2.48. The number of carbonyl (C=O) groups is 1. The maximum absolute atomic E-state index is 11.9. The summed E-state index contributed by atoms with van der Waals surface area (Å²) in [7, 11) is 0. The van der Waals surface area contributed by atoms with Gasteiger partial charge in [0.2, 0.25) is 0 Å². The molecule has 0 N–H and O–H groups in total. The first-order chi connectivity index (χ1) is 8.19. The molecule has 0 amide bonds. The molecule has 2 rings (SSSR count). The second kappa shape index (κ2) is 5.56. The minimum Gasteiger partial charge on any atom is -0.293 e. The quantitative estimate of drug-likeness (QED) is 0.802. The van der Waals surface area contributed by atoms with Gasteiger partial charge in [0.25, 0.3) is 0 Å². The smallest absolute Gasteiger partial charge is 0.178 e. The molecule has 0 fully saturated rings. The fourth-order valence-corrected chi connectivity index (χ4v) is 2.81. The Morgan fingerprint density at radius 3 is 2.71 bits per heavy atom. The summed E-state index contributed by atoms with van der Waals surface area (Å²) in [6.45, 7) is 2.09. The zero-order chi connectivity index (χ0) is 12.3. The largest absolute Gasteiger partial charge is 0.293 e. The molecular formula is C13H12BrNOS. The number of carbonyl (C=O) groups excluding carboxylic acids is 1. The molecule has 2 nitrogen and oxygen atoms in total. The summed E-state index contributed by atoms with van der Waals surface area (Å²) in [4.78, 5) is 17.0. The molecule has 0 aliphatic heterocycles. The Labute approximate surface area is 113 Å². The third-order valence-corrected chi connectivity index (χ3v) is 4.15. The minimum atomic E-state index is 0.123. The first-order valence-electron chi connectivity index (χ1n) is 5.41. The molecular weight excluding hydrogens is 298 g/mol. The number of rotatable bonds is 4. The first kappa shape index (κ1) is 12.5. The van der Waals surface area contributed by atoms with Crippen molar-refractivity contribution in [2.75, 3.05) is 0 Å². The lowest BCUT2D eigenvalue weighted by atomic mass is 10.1. The van der Waals surface area contributed by atoms with Gasteiger partial charge in [0.1, 0.15) is 0 Å². The molecule has 0 unspecified atom stereocenters. The van der Waals surface area contributed by atoms with Crippen LogP contribution in [0.3, 0.4) is 0 Å².